The van der Waals surface area contributed by atoms with Gasteiger partial charge in [-0.05, 0) is 50.1 Å². The van der Waals surface area contributed by atoms with Gasteiger partial charge in [-0.1, -0.05) is 6.07 Å². The van der Waals surface area contributed by atoms with E-state index in [1.54, 1.807) is 10.7 Å². The fourth-order valence-electron chi connectivity index (χ4n) is 4.50. The van der Waals surface area contributed by atoms with Crippen LogP contribution < -0.4 is 10.9 Å². The van der Waals surface area contributed by atoms with E-state index in [4.69, 9.17) is 9.84 Å². The van der Waals surface area contributed by atoms with Crippen LogP contribution in [0.25, 0.3) is 21.8 Å². The maximum Gasteiger partial charge on any atom is 0.332 e. The number of aromatic nitrogens is 4. The first-order chi connectivity index (χ1) is 16.4. The number of carbonyl (C=O) groups is 1. The molecule has 5 rings (SSSR count). The summed E-state index contributed by atoms with van der Waals surface area (Å²) in [6, 6.07) is 13.5. The van der Waals surface area contributed by atoms with Gasteiger partial charge in [0, 0.05) is 23.0 Å². The van der Waals surface area contributed by atoms with Crippen molar-refractivity contribution in [3.8, 4) is 6.07 Å². The predicted molar refractivity (Wildman–Crippen MR) is 125 cm³/mol. The van der Waals surface area contributed by atoms with Crippen molar-refractivity contribution in [3.63, 3.8) is 0 Å². The van der Waals surface area contributed by atoms with Crippen molar-refractivity contribution in [2.45, 2.75) is 37.8 Å². The van der Waals surface area contributed by atoms with E-state index >= 15 is 0 Å². The average Bonchev–Trinajstić information content (AvgIpc) is 3.20. The van der Waals surface area contributed by atoms with Gasteiger partial charge in [0.1, 0.15) is 5.39 Å². The number of rotatable bonds is 5. The van der Waals surface area contributed by atoms with Gasteiger partial charge < -0.3 is 20.1 Å². The summed E-state index contributed by atoms with van der Waals surface area (Å²) in [5.74, 6) is -0.690. The standard InChI is InChI=1S/C24H22N6O4/c1-14-2-3-15-12-16(4-5-17(15)27-14)28-21-20-18(7-11-26-22(20)31)30(29-21)24(9-10-25)8-6-19(23(32)33)34-13-24/h2-5,7,11-12,19H,6,8-9,13H2,1H3,(H,26,31)(H,28,29)(H,32,33). The molecule has 1 aromatic carbocycles. The van der Waals surface area contributed by atoms with Crippen LogP contribution in [0.2, 0.25) is 0 Å². The first-order valence-corrected chi connectivity index (χ1v) is 10.9. The van der Waals surface area contributed by atoms with E-state index in [0.29, 0.717) is 23.1 Å². The summed E-state index contributed by atoms with van der Waals surface area (Å²) in [5.41, 5.74) is 1.84. The SMILES string of the molecule is Cc1ccc2cc(Nc3nn(C4(CC#N)CCC(C(=O)O)OC4)c4cc[nH]c(=O)c34)ccc2n1. The predicted octanol–water partition coefficient (Wildman–Crippen LogP) is 3.20. The Morgan fingerprint density at radius 3 is 2.97 bits per heavy atom. The lowest BCUT2D eigenvalue weighted by atomic mass is 9.87. The highest BCUT2D eigenvalue weighted by molar-refractivity contribution is 5.92. The summed E-state index contributed by atoms with van der Waals surface area (Å²) in [4.78, 5) is 31.4. The molecule has 34 heavy (non-hydrogen) atoms. The minimum atomic E-state index is -1.03. The molecule has 0 spiro atoms. The lowest BCUT2D eigenvalue weighted by Crippen LogP contribution is -2.46. The van der Waals surface area contributed by atoms with Gasteiger partial charge in [0.25, 0.3) is 5.56 Å². The second-order valence-corrected chi connectivity index (χ2v) is 8.55. The maximum absolute atomic E-state index is 12.8. The molecule has 10 nitrogen and oxygen atoms in total. The van der Waals surface area contributed by atoms with Gasteiger partial charge in [-0.2, -0.15) is 10.4 Å². The zero-order valence-corrected chi connectivity index (χ0v) is 18.4. The van der Waals surface area contributed by atoms with Gasteiger partial charge >= 0.3 is 5.97 Å². The van der Waals surface area contributed by atoms with Crippen LogP contribution in [0.4, 0.5) is 11.5 Å². The van der Waals surface area contributed by atoms with E-state index in [2.05, 4.69) is 21.4 Å². The molecule has 1 saturated heterocycles. The second-order valence-electron chi connectivity index (χ2n) is 8.55. The van der Waals surface area contributed by atoms with Crippen molar-refractivity contribution >= 4 is 39.3 Å². The molecule has 4 heterocycles. The summed E-state index contributed by atoms with van der Waals surface area (Å²) in [6.45, 7) is 1.93. The van der Waals surface area contributed by atoms with Crippen LogP contribution in [0.5, 0.6) is 0 Å². The van der Waals surface area contributed by atoms with E-state index in [-0.39, 0.29) is 25.0 Å². The van der Waals surface area contributed by atoms with E-state index in [0.717, 1.165) is 22.3 Å². The molecule has 0 amide bonds. The van der Waals surface area contributed by atoms with Crippen LogP contribution in [0.3, 0.4) is 0 Å². The molecule has 2 atom stereocenters. The van der Waals surface area contributed by atoms with Crippen molar-refractivity contribution < 1.29 is 14.6 Å². The number of pyridine rings is 2. The molecule has 2 unspecified atom stereocenters. The van der Waals surface area contributed by atoms with Crippen LogP contribution in [-0.4, -0.2) is 43.5 Å². The van der Waals surface area contributed by atoms with E-state index in [9.17, 15) is 20.0 Å². The smallest absolute Gasteiger partial charge is 0.332 e. The van der Waals surface area contributed by atoms with Crippen molar-refractivity contribution in [2.24, 2.45) is 0 Å². The first kappa shape index (κ1) is 21.6. The first-order valence-electron chi connectivity index (χ1n) is 10.9. The van der Waals surface area contributed by atoms with Gasteiger partial charge in [0.05, 0.1) is 35.7 Å². The molecule has 0 saturated carbocycles. The van der Waals surface area contributed by atoms with Gasteiger partial charge in [0.2, 0.25) is 0 Å². The number of aromatic amines is 1. The number of hydrogen-bond acceptors (Lipinski definition) is 7. The van der Waals surface area contributed by atoms with Crippen molar-refractivity contribution in [1.82, 2.24) is 19.7 Å². The molecule has 10 heteroatoms. The van der Waals surface area contributed by atoms with Gasteiger partial charge in [-0.15, -0.1) is 0 Å². The maximum atomic E-state index is 12.8. The third-order valence-corrected chi connectivity index (χ3v) is 6.25. The number of nitrogens with zero attached hydrogens (tertiary/aromatic N) is 4. The van der Waals surface area contributed by atoms with Crippen molar-refractivity contribution in [2.75, 3.05) is 11.9 Å². The number of carboxylic acids is 1. The minimum absolute atomic E-state index is 0.00153. The normalized spacial score (nSPS) is 20.3. The third-order valence-electron chi connectivity index (χ3n) is 6.25. The molecular formula is C24H22N6O4. The topological polar surface area (TPSA) is 146 Å². The van der Waals surface area contributed by atoms with Gasteiger partial charge in [-0.3, -0.25) is 14.5 Å². The number of fused-ring (bicyclic) bond motifs is 2. The number of nitriles is 1. The molecule has 3 aromatic heterocycles. The Morgan fingerprint density at radius 1 is 1.38 bits per heavy atom. The number of nitrogens with one attached hydrogen (secondary N) is 2. The van der Waals surface area contributed by atoms with Gasteiger partial charge in [-0.25, -0.2) is 4.79 Å². The largest absolute Gasteiger partial charge is 0.479 e. The number of aliphatic carboxylic acids is 1. The lowest BCUT2D eigenvalue weighted by molar-refractivity contribution is -0.158. The van der Waals surface area contributed by atoms with E-state index < -0.39 is 17.6 Å². The monoisotopic (exact) mass is 458 g/mol. The molecule has 0 radical (unpaired) electrons. The third kappa shape index (κ3) is 3.66. The van der Waals surface area contributed by atoms with Crippen LogP contribution >= 0.6 is 0 Å². The fourth-order valence-corrected chi connectivity index (χ4v) is 4.50. The summed E-state index contributed by atoms with van der Waals surface area (Å²) < 4.78 is 7.25. The van der Waals surface area contributed by atoms with Crippen LogP contribution in [0.15, 0.2) is 47.4 Å². The Bertz CT molecular complexity index is 1510. The number of carboxylic acid groups (broad SMARTS) is 1. The molecule has 4 aromatic rings. The van der Waals surface area contributed by atoms with Crippen LogP contribution in [0, 0.1) is 18.3 Å². The molecular weight excluding hydrogens is 436 g/mol. The number of hydrogen-bond donors (Lipinski definition) is 3. The zero-order valence-electron chi connectivity index (χ0n) is 18.4. The molecule has 1 aliphatic rings. The fraction of sp³-hybridized carbons (Fsp3) is 0.292. The summed E-state index contributed by atoms with van der Waals surface area (Å²) in [6.07, 6.45) is 1.27. The summed E-state index contributed by atoms with van der Waals surface area (Å²) >= 11 is 0. The highest BCUT2D eigenvalue weighted by Gasteiger charge is 2.42. The Morgan fingerprint density at radius 2 is 2.24 bits per heavy atom. The number of benzene rings is 1. The number of anilines is 2. The number of aryl methyl sites for hydroxylation is 1. The Kier molecular flexibility index (Phi) is 5.26. The quantitative estimate of drug-likeness (QED) is 0.413. The Balaban J connectivity index is 1.59. The van der Waals surface area contributed by atoms with E-state index in [1.807, 2.05) is 37.3 Å². The number of H-pyrrole nitrogens is 1. The highest BCUT2D eigenvalue weighted by atomic mass is 16.5. The molecule has 1 aliphatic heterocycles. The summed E-state index contributed by atoms with van der Waals surface area (Å²) in [5, 5.41) is 28.1. The van der Waals surface area contributed by atoms with Crippen molar-refractivity contribution in [1.29, 1.82) is 5.26 Å². The molecule has 0 aliphatic carbocycles. The Labute approximate surface area is 193 Å². The van der Waals surface area contributed by atoms with Gasteiger partial charge in [0.15, 0.2) is 11.9 Å². The molecule has 1 fully saturated rings. The van der Waals surface area contributed by atoms with Crippen LogP contribution in [0.1, 0.15) is 25.0 Å². The molecule has 172 valence electrons. The van der Waals surface area contributed by atoms with E-state index in [1.165, 1.54) is 6.20 Å². The zero-order chi connectivity index (χ0) is 23.9. The minimum Gasteiger partial charge on any atom is -0.479 e. The average molecular weight is 458 g/mol. The van der Waals surface area contributed by atoms with Crippen LogP contribution in [-0.2, 0) is 15.1 Å². The number of ether oxygens (including phenoxy) is 1. The highest BCUT2D eigenvalue weighted by Crippen LogP contribution is 2.37. The molecule has 3 N–H and O–H groups in total. The van der Waals surface area contributed by atoms with Crippen molar-refractivity contribution in [3.05, 3.63) is 58.6 Å². The second kappa shape index (κ2) is 8.28. The summed E-state index contributed by atoms with van der Waals surface area (Å²) in [7, 11) is 0. The lowest BCUT2D eigenvalue weighted by Gasteiger charge is -2.38. The Hall–Kier alpha value is -4.23. The molecule has 0 bridgehead atoms.